The molecule has 1 N–H and O–H groups in total. The van der Waals surface area contributed by atoms with Gasteiger partial charge in [-0.25, -0.2) is 0 Å². The molecule has 5 saturated carbocycles. The molecule has 0 heterocycles. The van der Waals surface area contributed by atoms with Gasteiger partial charge in [0.2, 0.25) is 0 Å². The molecule has 0 aromatic carbocycles. The van der Waals surface area contributed by atoms with Gasteiger partial charge in [0.25, 0.3) is 0 Å². The third-order valence-corrected chi connectivity index (χ3v) is 13.2. The average Bonchev–Trinajstić information content (AvgIpc) is 2.67. The van der Waals surface area contributed by atoms with E-state index >= 15 is 0 Å². The van der Waals surface area contributed by atoms with Crippen LogP contribution in [0.4, 0.5) is 0 Å². The van der Waals surface area contributed by atoms with Crippen molar-refractivity contribution in [2.24, 2.45) is 56.7 Å². The third-order valence-electron chi connectivity index (χ3n) is 13.2. The minimum absolute atomic E-state index is 0.0563. The lowest BCUT2D eigenvalue weighted by Crippen LogP contribution is -2.65. The maximum absolute atomic E-state index is 10.6. The first-order valence-electron chi connectivity index (χ1n) is 13.5. The van der Waals surface area contributed by atoms with Crippen LogP contribution < -0.4 is 0 Å². The first kappa shape index (κ1) is 21.8. The van der Waals surface area contributed by atoms with Crippen molar-refractivity contribution in [2.45, 2.75) is 125 Å². The SMILES string of the molecule is C[C@@H]1[C@H]2CC[C@]3(C)[C@H](CC[C@@H]4[C@H]5CC(C)(C)CC[C@]5(C)CC[C@]43C)[C@@]2(C)CC[C@@H]1O. The van der Waals surface area contributed by atoms with E-state index in [1.54, 1.807) is 0 Å². The molecule has 30 heavy (non-hydrogen) atoms. The molecule has 0 aromatic heterocycles. The van der Waals surface area contributed by atoms with Crippen molar-refractivity contribution in [1.82, 2.24) is 0 Å². The number of fused-ring (bicyclic) bond motifs is 7. The second-order valence-corrected chi connectivity index (χ2v) is 14.8. The minimum atomic E-state index is -0.0563. The van der Waals surface area contributed by atoms with Crippen LogP contribution in [0.15, 0.2) is 0 Å². The summed E-state index contributed by atoms with van der Waals surface area (Å²) < 4.78 is 0. The summed E-state index contributed by atoms with van der Waals surface area (Å²) in [6, 6.07) is 0. The Labute approximate surface area is 187 Å². The lowest BCUT2D eigenvalue weighted by Gasteiger charge is -2.73. The molecule has 1 heteroatoms. The molecule has 0 amide bonds. The number of aliphatic hydroxyl groups is 1. The summed E-state index contributed by atoms with van der Waals surface area (Å²) in [6.45, 7) is 18.3. The van der Waals surface area contributed by atoms with Crippen LogP contribution >= 0.6 is 0 Å². The molecule has 10 atom stereocenters. The number of hydrogen-bond donors (Lipinski definition) is 1. The van der Waals surface area contributed by atoms with E-state index in [1.165, 1.54) is 64.2 Å². The lowest BCUT2D eigenvalue weighted by atomic mass is 9.32. The maximum Gasteiger partial charge on any atom is 0.0568 e. The Hall–Kier alpha value is -0.0400. The van der Waals surface area contributed by atoms with Gasteiger partial charge in [-0.2, -0.15) is 0 Å². The highest BCUT2D eigenvalue weighted by molar-refractivity contribution is 5.17. The Morgan fingerprint density at radius 2 is 1.33 bits per heavy atom. The van der Waals surface area contributed by atoms with Gasteiger partial charge in [-0.05, 0) is 127 Å². The van der Waals surface area contributed by atoms with Crippen LogP contribution in [0, 0.1) is 56.7 Å². The Morgan fingerprint density at radius 1 is 0.633 bits per heavy atom. The number of aliphatic hydroxyl groups excluding tert-OH is 1. The molecular formula is C29H50O. The molecule has 172 valence electrons. The Bertz CT molecular complexity index is 696. The van der Waals surface area contributed by atoms with Gasteiger partial charge >= 0.3 is 0 Å². The summed E-state index contributed by atoms with van der Waals surface area (Å²) in [7, 11) is 0. The highest BCUT2D eigenvalue weighted by atomic mass is 16.3. The van der Waals surface area contributed by atoms with Crippen molar-refractivity contribution in [3.63, 3.8) is 0 Å². The van der Waals surface area contributed by atoms with Crippen molar-refractivity contribution in [3.8, 4) is 0 Å². The zero-order valence-electron chi connectivity index (χ0n) is 21.2. The van der Waals surface area contributed by atoms with Crippen molar-refractivity contribution in [3.05, 3.63) is 0 Å². The molecule has 5 fully saturated rings. The summed E-state index contributed by atoms with van der Waals surface area (Å²) >= 11 is 0. The predicted molar refractivity (Wildman–Crippen MR) is 126 cm³/mol. The molecule has 0 unspecified atom stereocenters. The fourth-order valence-corrected chi connectivity index (χ4v) is 10.9. The van der Waals surface area contributed by atoms with Gasteiger partial charge in [-0.15, -0.1) is 0 Å². The van der Waals surface area contributed by atoms with Crippen LogP contribution in [0.25, 0.3) is 0 Å². The summed E-state index contributed by atoms with van der Waals surface area (Å²) in [5.41, 5.74) is 2.60. The molecule has 0 aromatic rings. The smallest absolute Gasteiger partial charge is 0.0568 e. The molecule has 0 saturated heterocycles. The van der Waals surface area contributed by atoms with E-state index in [4.69, 9.17) is 0 Å². The van der Waals surface area contributed by atoms with Gasteiger partial charge in [0.05, 0.1) is 6.10 Å². The van der Waals surface area contributed by atoms with Crippen LogP contribution in [0.1, 0.15) is 119 Å². The number of hydrogen-bond acceptors (Lipinski definition) is 1. The van der Waals surface area contributed by atoms with Gasteiger partial charge in [-0.3, -0.25) is 0 Å². The van der Waals surface area contributed by atoms with Crippen LogP contribution in [-0.2, 0) is 0 Å². The molecule has 0 aliphatic heterocycles. The van der Waals surface area contributed by atoms with E-state index in [-0.39, 0.29) is 6.10 Å². The quantitative estimate of drug-likeness (QED) is 0.427. The predicted octanol–water partition coefficient (Wildman–Crippen LogP) is 7.86. The van der Waals surface area contributed by atoms with Gasteiger partial charge < -0.3 is 5.11 Å². The third kappa shape index (κ3) is 2.69. The van der Waals surface area contributed by atoms with Crippen molar-refractivity contribution >= 4 is 0 Å². The highest BCUT2D eigenvalue weighted by Crippen LogP contribution is 2.76. The number of rotatable bonds is 0. The molecule has 0 spiro atoms. The summed E-state index contributed by atoms with van der Waals surface area (Å²) in [5, 5.41) is 10.6. The van der Waals surface area contributed by atoms with Gasteiger partial charge in [-0.1, -0.05) is 48.5 Å². The van der Waals surface area contributed by atoms with Crippen molar-refractivity contribution in [2.75, 3.05) is 0 Å². The molecular weight excluding hydrogens is 364 g/mol. The van der Waals surface area contributed by atoms with E-state index in [0.717, 1.165) is 30.1 Å². The van der Waals surface area contributed by atoms with Crippen LogP contribution in [0.5, 0.6) is 0 Å². The standard InChI is InChI=1S/C29H50O/c1-19-20-10-13-29(7)24(27(20,5)12-11-23(19)30)9-8-21-22-18-25(2,3)14-15-26(22,4)16-17-28(21,29)6/h19-24,30H,8-18H2,1-7H3/t19-,20-,21-,22-,23+,24-,26-,27+,28-,29-/m1/s1. The highest BCUT2D eigenvalue weighted by Gasteiger charge is 2.68. The van der Waals surface area contributed by atoms with Gasteiger partial charge in [0.1, 0.15) is 0 Å². The fourth-order valence-electron chi connectivity index (χ4n) is 10.9. The molecule has 1 nitrogen and oxygen atoms in total. The lowest BCUT2D eigenvalue weighted by molar-refractivity contribution is -0.242. The average molecular weight is 415 g/mol. The molecule has 5 aliphatic carbocycles. The van der Waals surface area contributed by atoms with Crippen molar-refractivity contribution in [1.29, 1.82) is 0 Å². The first-order valence-corrected chi connectivity index (χ1v) is 13.5. The molecule has 0 radical (unpaired) electrons. The van der Waals surface area contributed by atoms with Crippen molar-refractivity contribution < 1.29 is 5.11 Å². The van der Waals surface area contributed by atoms with E-state index < -0.39 is 0 Å². The molecule has 0 bridgehead atoms. The largest absolute Gasteiger partial charge is 0.393 e. The molecule has 5 aliphatic rings. The zero-order chi connectivity index (χ0) is 21.7. The normalized spacial score (nSPS) is 60.0. The van der Waals surface area contributed by atoms with Crippen LogP contribution in [0.2, 0.25) is 0 Å². The maximum atomic E-state index is 10.6. The summed E-state index contributed by atoms with van der Waals surface area (Å²) in [6.07, 6.45) is 15.3. The summed E-state index contributed by atoms with van der Waals surface area (Å²) in [5.74, 6) is 3.97. The first-order chi connectivity index (χ1) is 13.9. The zero-order valence-corrected chi connectivity index (χ0v) is 21.2. The second-order valence-electron chi connectivity index (χ2n) is 14.8. The van der Waals surface area contributed by atoms with E-state index in [1.807, 2.05) is 0 Å². The Kier molecular flexibility index (Phi) is 4.73. The van der Waals surface area contributed by atoms with E-state index in [2.05, 4.69) is 48.5 Å². The Morgan fingerprint density at radius 3 is 2.07 bits per heavy atom. The summed E-state index contributed by atoms with van der Waals surface area (Å²) in [4.78, 5) is 0. The van der Waals surface area contributed by atoms with Crippen LogP contribution in [-0.4, -0.2) is 11.2 Å². The Balaban J connectivity index is 1.51. The topological polar surface area (TPSA) is 20.2 Å². The van der Waals surface area contributed by atoms with E-state index in [9.17, 15) is 5.11 Å². The molecule has 5 rings (SSSR count). The minimum Gasteiger partial charge on any atom is -0.393 e. The van der Waals surface area contributed by atoms with Gasteiger partial charge in [0.15, 0.2) is 0 Å². The van der Waals surface area contributed by atoms with E-state index in [0.29, 0.717) is 33.0 Å². The second kappa shape index (κ2) is 6.51. The van der Waals surface area contributed by atoms with Crippen LogP contribution in [0.3, 0.4) is 0 Å². The fraction of sp³-hybridized carbons (Fsp3) is 1.00. The monoisotopic (exact) mass is 414 g/mol. The van der Waals surface area contributed by atoms with Gasteiger partial charge in [0, 0.05) is 0 Å².